The summed E-state index contributed by atoms with van der Waals surface area (Å²) in [5, 5.41) is 0. The Morgan fingerprint density at radius 1 is 0.276 bits per heavy atom. The summed E-state index contributed by atoms with van der Waals surface area (Å²) in [4.78, 5) is 0. The second-order valence-electron chi connectivity index (χ2n) is 18.1. The number of hydrogen-bond donors (Lipinski definition) is 0. The molecule has 0 saturated carbocycles. The Balaban J connectivity index is 2.38. The van der Waals surface area contributed by atoms with Gasteiger partial charge in [-0.15, -0.1) is 0 Å². The molecule has 0 fully saturated rings. The first kappa shape index (κ1) is 55.1. The second kappa shape index (κ2) is 45.6. The lowest BCUT2D eigenvalue weighted by molar-refractivity contribution is 0.234. The molecule has 0 atom stereocenters. The van der Waals surface area contributed by atoms with E-state index in [0.717, 1.165) is 60.8 Å². The van der Waals surface area contributed by atoms with Gasteiger partial charge in [-0.3, -0.25) is 0 Å². The van der Waals surface area contributed by atoms with Crippen molar-refractivity contribution >= 4 is 15.9 Å². The number of unbranched alkanes of at least 4 members (excludes halogenated alkanes) is 39. The van der Waals surface area contributed by atoms with E-state index in [2.05, 4.69) is 48.8 Å². The topological polar surface area (TPSA) is 27.7 Å². The van der Waals surface area contributed by atoms with Crippen LogP contribution in [0.2, 0.25) is 0 Å². The summed E-state index contributed by atoms with van der Waals surface area (Å²) in [6.07, 6.45) is 57.5. The number of benzene rings is 1. The highest BCUT2D eigenvalue weighted by atomic mass is 79.9. The van der Waals surface area contributed by atoms with Crippen LogP contribution >= 0.6 is 15.9 Å². The Bertz CT molecular complexity index is 895. The number of ether oxygens (including phenoxy) is 3. The molecule has 0 aliphatic rings. The van der Waals surface area contributed by atoms with Gasteiger partial charge in [-0.1, -0.05) is 287 Å². The third-order valence-electron chi connectivity index (χ3n) is 12.2. The first-order valence-electron chi connectivity index (χ1n) is 26.4. The molecule has 58 heavy (non-hydrogen) atoms. The van der Waals surface area contributed by atoms with Gasteiger partial charge in [-0.2, -0.15) is 0 Å². The van der Waals surface area contributed by atoms with Crippen LogP contribution in [0.1, 0.15) is 290 Å². The predicted molar refractivity (Wildman–Crippen MR) is 262 cm³/mol. The van der Waals surface area contributed by atoms with Crippen molar-refractivity contribution in [1.29, 1.82) is 0 Å². The maximum atomic E-state index is 6.51. The van der Waals surface area contributed by atoms with Gasteiger partial charge in [0.1, 0.15) is 0 Å². The first-order chi connectivity index (χ1) is 28.7. The Labute approximate surface area is 372 Å². The van der Waals surface area contributed by atoms with Gasteiger partial charge in [-0.05, 0) is 31.4 Å². The van der Waals surface area contributed by atoms with E-state index in [1.165, 1.54) is 250 Å². The smallest absolute Gasteiger partial charge is 0.203 e. The van der Waals surface area contributed by atoms with Crippen LogP contribution in [0.5, 0.6) is 17.2 Å². The molecule has 0 bridgehead atoms. The molecule has 0 spiro atoms. The van der Waals surface area contributed by atoms with E-state index in [9.17, 15) is 0 Å². The molecule has 0 aliphatic carbocycles. The SMILES string of the molecule is CCCCCCCCCCCCCCCCOc1cc(Br)cc(OCCCCCCCCCCCCCCCC)c1OCCCCCCCCCCCCCCCC. The van der Waals surface area contributed by atoms with E-state index in [-0.39, 0.29) is 0 Å². The highest BCUT2D eigenvalue weighted by molar-refractivity contribution is 9.10. The van der Waals surface area contributed by atoms with Crippen LogP contribution in [-0.2, 0) is 0 Å². The van der Waals surface area contributed by atoms with Gasteiger partial charge < -0.3 is 14.2 Å². The lowest BCUT2D eigenvalue weighted by Crippen LogP contribution is -2.06. The molecule has 0 amide bonds. The van der Waals surface area contributed by atoms with Gasteiger partial charge in [0.05, 0.1) is 19.8 Å². The van der Waals surface area contributed by atoms with Crippen molar-refractivity contribution in [3.63, 3.8) is 0 Å². The summed E-state index contributed by atoms with van der Waals surface area (Å²) in [7, 11) is 0. The van der Waals surface area contributed by atoms with Crippen LogP contribution in [0.25, 0.3) is 0 Å². The zero-order valence-corrected chi connectivity index (χ0v) is 41.2. The Kier molecular flexibility index (Phi) is 43.4. The zero-order chi connectivity index (χ0) is 41.7. The summed E-state index contributed by atoms with van der Waals surface area (Å²) < 4.78 is 20.4. The van der Waals surface area contributed by atoms with Crippen molar-refractivity contribution in [3.8, 4) is 17.2 Å². The largest absolute Gasteiger partial charge is 0.490 e. The zero-order valence-electron chi connectivity index (χ0n) is 39.6. The third-order valence-corrected chi connectivity index (χ3v) is 12.7. The molecule has 3 nitrogen and oxygen atoms in total. The maximum absolute atomic E-state index is 6.51. The van der Waals surface area contributed by atoms with E-state index in [1.807, 2.05) is 0 Å². The highest BCUT2D eigenvalue weighted by Gasteiger charge is 2.15. The van der Waals surface area contributed by atoms with Crippen molar-refractivity contribution in [3.05, 3.63) is 16.6 Å². The molecule has 0 unspecified atom stereocenters. The van der Waals surface area contributed by atoms with Crippen molar-refractivity contribution in [2.24, 2.45) is 0 Å². The number of halogens is 1. The minimum Gasteiger partial charge on any atom is -0.490 e. The molecule has 342 valence electrons. The van der Waals surface area contributed by atoms with Crippen molar-refractivity contribution in [2.45, 2.75) is 290 Å². The Morgan fingerprint density at radius 3 is 0.690 bits per heavy atom. The lowest BCUT2D eigenvalue weighted by atomic mass is 10.0. The van der Waals surface area contributed by atoms with E-state index in [4.69, 9.17) is 14.2 Å². The molecular formula is C54H101BrO3. The predicted octanol–water partition coefficient (Wildman–Crippen LogP) is 20.0. The van der Waals surface area contributed by atoms with Gasteiger partial charge in [-0.25, -0.2) is 0 Å². The number of hydrogen-bond acceptors (Lipinski definition) is 3. The summed E-state index contributed by atoms with van der Waals surface area (Å²) in [6.45, 7) is 9.11. The quantitative estimate of drug-likeness (QED) is 0.0611. The fraction of sp³-hybridized carbons (Fsp3) is 0.889. The molecule has 1 aromatic rings. The standard InChI is InChI=1S/C54H101BrO3/c1-4-7-10-13-16-19-22-25-28-31-34-37-40-43-46-56-52-49-51(55)50-53(57-47-44-41-38-35-32-29-26-23-20-17-14-11-8-5-2)54(52)58-48-45-42-39-36-33-30-27-24-21-18-15-12-9-6-3/h49-50H,4-48H2,1-3H3. The maximum Gasteiger partial charge on any atom is 0.203 e. The fourth-order valence-corrected chi connectivity index (χ4v) is 8.75. The average molecular weight is 878 g/mol. The summed E-state index contributed by atoms with van der Waals surface area (Å²) in [5.41, 5.74) is 0. The third kappa shape index (κ3) is 36.9. The summed E-state index contributed by atoms with van der Waals surface area (Å²) in [6, 6.07) is 4.17. The molecule has 1 rings (SSSR count). The molecule has 0 radical (unpaired) electrons. The fourth-order valence-electron chi connectivity index (χ4n) is 8.33. The first-order valence-corrected chi connectivity index (χ1v) is 27.2. The molecular weight excluding hydrogens is 776 g/mol. The Morgan fingerprint density at radius 2 is 0.466 bits per heavy atom. The Hall–Kier alpha value is -0.900. The lowest BCUT2D eigenvalue weighted by Gasteiger charge is -2.18. The molecule has 0 N–H and O–H groups in total. The van der Waals surface area contributed by atoms with E-state index >= 15 is 0 Å². The molecule has 0 aliphatic heterocycles. The van der Waals surface area contributed by atoms with Crippen LogP contribution < -0.4 is 14.2 Å². The van der Waals surface area contributed by atoms with Gasteiger partial charge in [0.15, 0.2) is 11.5 Å². The van der Waals surface area contributed by atoms with Crippen molar-refractivity contribution in [1.82, 2.24) is 0 Å². The second-order valence-corrected chi connectivity index (χ2v) is 19.0. The van der Waals surface area contributed by atoms with Gasteiger partial charge >= 0.3 is 0 Å². The van der Waals surface area contributed by atoms with Crippen LogP contribution in [0.15, 0.2) is 16.6 Å². The highest BCUT2D eigenvalue weighted by Crippen LogP contribution is 2.41. The minimum absolute atomic E-state index is 0.726. The van der Waals surface area contributed by atoms with Crippen LogP contribution in [0, 0.1) is 0 Å². The summed E-state index contributed by atoms with van der Waals surface area (Å²) in [5.74, 6) is 2.49. The molecule has 1 aromatic carbocycles. The van der Waals surface area contributed by atoms with Crippen LogP contribution in [0.3, 0.4) is 0 Å². The monoisotopic (exact) mass is 877 g/mol. The minimum atomic E-state index is 0.726. The van der Waals surface area contributed by atoms with Crippen molar-refractivity contribution in [2.75, 3.05) is 19.8 Å². The van der Waals surface area contributed by atoms with Gasteiger partial charge in [0, 0.05) is 4.47 Å². The number of rotatable bonds is 48. The molecule has 0 aromatic heterocycles. The van der Waals surface area contributed by atoms with Gasteiger partial charge in [0.2, 0.25) is 5.75 Å². The molecule has 4 heteroatoms. The summed E-state index contributed by atoms with van der Waals surface area (Å²) >= 11 is 3.76. The molecule has 0 heterocycles. The van der Waals surface area contributed by atoms with Gasteiger partial charge in [0.25, 0.3) is 0 Å². The van der Waals surface area contributed by atoms with Crippen LogP contribution in [0.4, 0.5) is 0 Å². The van der Waals surface area contributed by atoms with E-state index in [0.29, 0.717) is 0 Å². The normalized spacial score (nSPS) is 11.4. The average Bonchev–Trinajstić information content (AvgIpc) is 3.22. The van der Waals surface area contributed by atoms with E-state index in [1.54, 1.807) is 0 Å². The molecule has 0 saturated heterocycles. The van der Waals surface area contributed by atoms with Crippen LogP contribution in [-0.4, -0.2) is 19.8 Å². The van der Waals surface area contributed by atoms with Crippen molar-refractivity contribution < 1.29 is 14.2 Å². The van der Waals surface area contributed by atoms with E-state index < -0.39 is 0 Å².